The van der Waals surface area contributed by atoms with E-state index in [0.29, 0.717) is 6.42 Å². The number of rotatable bonds is 5. The Labute approximate surface area is 106 Å². The molecule has 1 unspecified atom stereocenters. The first-order chi connectivity index (χ1) is 8.54. The molecule has 5 nitrogen and oxygen atoms in total. The van der Waals surface area contributed by atoms with E-state index >= 15 is 0 Å². The van der Waals surface area contributed by atoms with Gasteiger partial charge in [0, 0.05) is 20.4 Å². The van der Waals surface area contributed by atoms with Crippen LogP contribution in [-0.2, 0) is 20.8 Å². The van der Waals surface area contributed by atoms with Crippen molar-refractivity contribution in [3.63, 3.8) is 0 Å². The van der Waals surface area contributed by atoms with E-state index in [2.05, 4.69) is 10.6 Å². The number of Topliss-reactive ketones (excluding diaryl/α,β-unsaturated/α-hetero) is 1. The van der Waals surface area contributed by atoms with Gasteiger partial charge in [-0.15, -0.1) is 0 Å². The molecule has 0 aliphatic carbocycles. The van der Waals surface area contributed by atoms with E-state index in [9.17, 15) is 14.4 Å². The van der Waals surface area contributed by atoms with E-state index in [-0.39, 0.29) is 5.91 Å². The molecule has 5 heteroatoms. The Kier molecular flexibility index (Phi) is 5.05. The normalized spacial score (nSPS) is 11.4. The largest absolute Gasteiger partial charge is 0.357 e. The predicted molar refractivity (Wildman–Crippen MR) is 66.8 cm³/mol. The molecule has 1 aromatic carbocycles. The van der Waals surface area contributed by atoms with Gasteiger partial charge in [0.1, 0.15) is 6.04 Å². The lowest BCUT2D eigenvalue weighted by molar-refractivity contribution is -0.138. The standard InChI is InChI=1S/C13H16N2O3/c1-9(16)12(17)15-11(13(18)14-2)8-10-6-4-3-5-7-10/h3-7,11H,8H2,1-2H3,(H,14,18)(H,15,17). The molecule has 0 heterocycles. The summed E-state index contributed by atoms with van der Waals surface area (Å²) in [6, 6.07) is 8.54. The lowest BCUT2D eigenvalue weighted by Gasteiger charge is -2.16. The highest BCUT2D eigenvalue weighted by Crippen LogP contribution is 2.03. The number of hydrogen-bond acceptors (Lipinski definition) is 3. The zero-order valence-corrected chi connectivity index (χ0v) is 10.4. The zero-order chi connectivity index (χ0) is 13.5. The summed E-state index contributed by atoms with van der Waals surface area (Å²) in [5.74, 6) is -1.69. The minimum atomic E-state index is -0.750. The molecular weight excluding hydrogens is 232 g/mol. The SMILES string of the molecule is CNC(=O)C(Cc1ccccc1)NC(=O)C(C)=O. The van der Waals surface area contributed by atoms with Crippen LogP contribution < -0.4 is 10.6 Å². The molecule has 0 aliphatic rings. The quantitative estimate of drug-likeness (QED) is 0.723. The summed E-state index contributed by atoms with van der Waals surface area (Å²) in [5.41, 5.74) is 0.912. The maximum atomic E-state index is 11.6. The second-order valence-electron chi connectivity index (χ2n) is 3.89. The Morgan fingerprint density at radius 2 is 1.78 bits per heavy atom. The molecule has 1 aromatic rings. The fourth-order valence-corrected chi connectivity index (χ4v) is 1.49. The van der Waals surface area contributed by atoms with Crippen molar-refractivity contribution in [1.29, 1.82) is 0 Å². The van der Waals surface area contributed by atoms with Crippen LogP contribution in [0.1, 0.15) is 12.5 Å². The topological polar surface area (TPSA) is 75.3 Å². The van der Waals surface area contributed by atoms with Crippen LogP contribution >= 0.6 is 0 Å². The van der Waals surface area contributed by atoms with Crippen molar-refractivity contribution in [1.82, 2.24) is 10.6 Å². The molecular formula is C13H16N2O3. The van der Waals surface area contributed by atoms with Crippen LogP contribution in [0.25, 0.3) is 0 Å². The van der Waals surface area contributed by atoms with Crippen molar-refractivity contribution in [3.8, 4) is 0 Å². The van der Waals surface area contributed by atoms with Crippen LogP contribution in [0.2, 0.25) is 0 Å². The summed E-state index contributed by atoms with van der Waals surface area (Å²) in [6.07, 6.45) is 0.347. The van der Waals surface area contributed by atoms with Gasteiger partial charge in [0.05, 0.1) is 0 Å². The summed E-state index contributed by atoms with van der Waals surface area (Å²) >= 11 is 0. The van der Waals surface area contributed by atoms with E-state index in [4.69, 9.17) is 0 Å². The fourth-order valence-electron chi connectivity index (χ4n) is 1.49. The molecule has 18 heavy (non-hydrogen) atoms. The highest BCUT2D eigenvalue weighted by atomic mass is 16.2. The van der Waals surface area contributed by atoms with Gasteiger partial charge in [0.15, 0.2) is 0 Å². The maximum Gasteiger partial charge on any atom is 0.287 e. The molecule has 0 bridgehead atoms. The number of carbonyl (C=O) groups is 3. The number of benzene rings is 1. The van der Waals surface area contributed by atoms with Gasteiger partial charge in [-0.25, -0.2) is 0 Å². The molecule has 0 radical (unpaired) electrons. The molecule has 0 aromatic heterocycles. The average molecular weight is 248 g/mol. The summed E-state index contributed by atoms with van der Waals surface area (Å²) in [7, 11) is 1.49. The van der Waals surface area contributed by atoms with E-state index in [0.717, 1.165) is 5.56 Å². The number of ketones is 1. The highest BCUT2D eigenvalue weighted by Gasteiger charge is 2.21. The Bertz CT molecular complexity index is 443. The molecule has 0 spiro atoms. The second-order valence-corrected chi connectivity index (χ2v) is 3.89. The van der Waals surface area contributed by atoms with Gasteiger partial charge in [-0.2, -0.15) is 0 Å². The van der Waals surface area contributed by atoms with Gasteiger partial charge < -0.3 is 10.6 Å². The lowest BCUT2D eigenvalue weighted by atomic mass is 10.1. The van der Waals surface area contributed by atoms with Gasteiger partial charge in [0.25, 0.3) is 5.91 Å². The summed E-state index contributed by atoms with van der Waals surface area (Å²) in [5, 5.41) is 4.88. The minimum Gasteiger partial charge on any atom is -0.357 e. The van der Waals surface area contributed by atoms with E-state index < -0.39 is 17.7 Å². The zero-order valence-electron chi connectivity index (χ0n) is 10.4. The highest BCUT2D eigenvalue weighted by molar-refractivity contribution is 6.35. The Morgan fingerprint density at radius 3 is 2.28 bits per heavy atom. The van der Waals surface area contributed by atoms with Crippen LogP contribution in [-0.4, -0.2) is 30.7 Å². The summed E-state index contributed by atoms with van der Waals surface area (Å²) in [4.78, 5) is 33.9. The number of amides is 2. The van der Waals surface area contributed by atoms with E-state index in [1.807, 2.05) is 30.3 Å². The van der Waals surface area contributed by atoms with Crippen LogP contribution in [0, 0.1) is 0 Å². The average Bonchev–Trinajstić information content (AvgIpc) is 2.38. The Morgan fingerprint density at radius 1 is 1.17 bits per heavy atom. The van der Waals surface area contributed by atoms with Crippen molar-refractivity contribution in [2.24, 2.45) is 0 Å². The van der Waals surface area contributed by atoms with Crippen molar-refractivity contribution in [3.05, 3.63) is 35.9 Å². The van der Waals surface area contributed by atoms with Gasteiger partial charge >= 0.3 is 0 Å². The minimum absolute atomic E-state index is 0.326. The van der Waals surface area contributed by atoms with Gasteiger partial charge in [-0.3, -0.25) is 14.4 Å². The van der Waals surface area contributed by atoms with Crippen LogP contribution in [0.15, 0.2) is 30.3 Å². The molecule has 0 fully saturated rings. The maximum absolute atomic E-state index is 11.6. The van der Waals surface area contributed by atoms with Crippen LogP contribution in [0.5, 0.6) is 0 Å². The number of carbonyl (C=O) groups excluding carboxylic acids is 3. The van der Waals surface area contributed by atoms with Crippen LogP contribution in [0.3, 0.4) is 0 Å². The van der Waals surface area contributed by atoms with Crippen LogP contribution in [0.4, 0.5) is 0 Å². The number of hydrogen-bond donors (Lipinski definition) is 2. The smallest absolute Gasteiger partial charge is 0.287 e. The molecule has 2 amide bonds. The van der Waals surface area contributed by atoms with E-state index in [1.54, 1.807) is 0 Å². The first kappa shape index (κ1) is 13.9. The molecule has 1 rings (SSSR count). The third-order valence-corrected chi connectivity index (χ3v) is 2.47. The second kappa shape index (κ2) is 6.54. The Hall–Kier alpha value is -2.17. The lowest BCUT2D eigenvalue weighted by Crippen LogP contribution is -2.48. The molecule has 0 saturated carbocycles. The van der Waals surface area contributed by atoms with Crippen molar-refractivity contribution < 1.29 is 14.4 Å². The van der Waals surface area contributed by atoms with Crippen molar-refractivity contribution >= 4 is 17.6 Å². The monoisotopic (exact) mass is 248 g/mol. The van der Waals surface area contributed by atoms with Crippen molar-refractivity contribution in [2.75, 3.05) is 7.05 Å². The predicted octanol–water partition coefficient (Wildman–Crippen LogP) is 0.0489. The molecule has 96 valence electrons. The van der Waals surface area contributed by atoms with E-state index in [1.165, 1.54) is 14.0 Å². The third kappa shape index (κ3) is 4.01. The van der Waals surface area contributed by atoms with Gasteiger partial charge in [-0.05, 0) is 5.56 Å². The summed E-state index contributed by atoms with van der Waals surface area (Å²) < 4.78 is 0. The number of nitrogens with one attached hydrogen (secondary N) is 2. The first-order valence-electron chi connectivity index (χ1n) is 5.61. The molecule has 2 N–H and O–H groups in total. The van der Waals surface area contributed by atoms with Crippen molar-refractivity contribution in [2.45, 2.75) is 19.4 Å². The first-order valence-corrected chi connectivity index (χ1v) is 5.61. The molecule has 0 aliphatic heterocycles. The molecule has 1 atom stereocenters. The fraction of sp³-hybridized carbons (Fsp3) is 0.308. The Balaban J connectivity index is 2.76. The number of likely N-dealkylation sites (N-methyl/N-ethyl adjacent to an activating group) is 1. The molecule has 0 saturated heterocycles. The van der Waals surface area contributed by atoms with Gasteiger partial charge in [0.2, 0.25) is 11.7 Å². The van der Waals surface area contributed by atoms with Gasteiger partial charge in [-0.1, -0.05) is 30.3 Å². The summed E-state index contributed by atoms with van der Waals surface area (Å²) in [6.45, 7) is 1.17. The third-order valence-electron chi connectivity index (χ3n) is 2.47.